The number of benzene rings is 1. The fourth-order valence-electron chi connectivity index (χ4n) is 3.73. The average molecular weight is 470 g/mol. The number of fused-ring (bicyclic) bond motifs is 3. The van der Waals surface area contributed by atoms with Crippen molar-refractivity contribution in [1.82, 2.24) is 24.5 Å². The zero-order valence-electron chi connectivity index (χ0n) is 19.0. The number of nitrogens with zero attached hydrogens (tertiary/aromatic N) is 4. The molecule has 0 spiro atoms. The molecular formula is C23H27N5O4S. The molecular weight excluding hydrogens is 442 g/mol. The smallest absolute Gasteiger partial charge is 0.272 e. The molecule has 0 atom stereocenters. The number of aryl methyl sites for hydroxylation is 2. The molecule has 33 heavy (non-hydrogen) atoms. The summed E-state index contributed by atoms with van der Waals surface area (Å²) in [4.78, 5) is 24.9. The summed E-state index contributed by atoms with van der Waals surface area (Å²) in [7, 11) is 1.68. The van der Waals surface area contributed by atoms with Crippen LogP contribution in [0.25, 0.3) is 16.0 Å². The summed E-state index contributed by atoms with van der Waals surface area (Å²) in [6, 6.07) is 7.73. The zero-order chi connectivity index (χ0) is 23.4. The molecule has 0 bridgehead atoms. The van der Waals surface area contributed by atoms with Crippen LogP contribution in [0.15, 0.2) is 34.4 Å². The number of thiophene rings is 1. The second-order valence-electron chi connectivity index (χ2n) is 7.50. The number of ether oxygens (including phenoxy) is 2. The molecule has 4 aromatic rings. The van der Waals surface area contributed by atoms with Gasteiger partial charge in [-0.05, 0) is 49.4 Å². The van der Waals surface area contributed by atoms with E-state index in [9.17, 15) is 9.59 Å². The van der Waals surface area contributed by atoms with Gasteiger partial charge < -0.3 is 14.8 Å². The topological polar surface area (TPSA) is 99.7 Å². The van der Waals surface area contributed by atoms with Crippen molar-refractivity contribution in [3.63, 3.8) is 0 Å². The van der Waals surface area contributed by atoms with Crippen LogP contribution in [0.2, 0.25) is 0 Å². The second kappa shape index (κ2) is 10.0. The molecule has 3 heterocycles. The number of nitrogens with one attached hydrogen (secondary N) is 1. The molecule has 0 unspecified atom stereocenters. The van der Waals surface area contributed by atoms with Crippen LogP contribution in [-0.2, 0) is 24.7 Å². The van der Waals surface area contributed by atoms with Crippen LogP contribution in [0, 0.1) is 0 Å². The fraction of sp³-hybridized carbons (Fsp3) is 0.391. The molecule has 1 aromatic carbocycles. The Hall–Kier alpha value is -3.40. The third kappa shape index (κ3) is 4.70. The first-order chi connectivity index (χ1) is 16.0. The van der Waals surface area contributed by atoms with Gasteiger partial charge in [-0.15, -0.1) is 21.5 Å². The van der Waals surface area contributed by atoms with E-state index in [4.69, 9.17) is 9.47 Å². The lowest BCUT2D eigenvalue weighted by Gasteiger charge is -2.12. The third-order valence-electron chi connectivity index (χ3n) is 5.32. The number of hydrogen-bond acceptors (Lipinski definition) is 7. The Bertz CT molecular complexity index is 1340. The SMILES string of the molecule is CCOc1ccc(CCNC(=O)CCc2nnc3n(C)c(=O)c4sccc4n23)cc1OCC. The molecule has 3 aromatic heterocycles. The van der Waals surface area contributed by atoms with E-state index in [1.165, 1.54) is 15.9 Å². The summed E-state index contributed by atoms with van der Waals surface area (Å²) >= 11 is 1.39. The van der Waals surface area contributed by atoms with Crippen molar-refractivity contribution in [1.29, 1.82) is 0 Å². The van der Waals surface area contributed by atoms with Crippen molar-refractivity contribution in [3.05, 3.63) is 51.4 Å². The first-order valence-corrected chi connectivity index (χ1v) is 11.9. The van der Waals surface area contributed by atoms with Crippen molar-refractivity contribution in [2.75, 3.05) is 19.8 Å². The maximum atomic E-state index is 12.4. The molecule has 0 saturated carbocycles. The van der Waals surface area contributed by atoms with Crippen molar-refractivity contribution >= 4 is 33.2 Å². The van der Waals surface area contributed by atoms with Crippen LogP contribution in [0.4, 0.5) is 0 Å². The fourth-order valence-corrected chi connectivity index (χ4v) is 4.58. The molecule has 1 amide bonds. The summed E-state index contributed by atoms with van der Waals surface area (Å²) in [6.45, 7) is 5.52. The van der Waals surface area contributed by atoms with Gasteiger partial charge >= 0.3 is 0 Å². The first kappa shape index (κ1) is 22.8. The molecule has 9 nitrogen and oxygen atoms in total. The van der Waals surface area contributed by atoms with Gasteiger partial charge in [0.25, 0.3) is 5.56 Å². The summed E-state index contributed by atoms with van der Waals surface area (Å²) < 4.78 is 15.3. The highest BCUT2D eigenvalue weighted by Gasteiger charge is 2.16. The molecule has 0 aliphatic carbocycles. The lowest BCUT2D eigenvalue weighted by Crippen LogP contribution is -2.26. The first-order valence-electron chi connectivity index (χ1n) is 11.0. The van der Waals surface area contributed by atoms with Gasteiger partial charge in [0, 0.05) is 26.4 Å². The Kier molecular flexibility index (Phi) is 6.93. The molecule has 174 valence electrons. The summed E-state index contributed by atoms with van der Waals surface area (Å²) in [5.74, 6) is 2.52. The number of carbonyl (C=O) groups excluding carboxylic acids is 1. The quantitative estimate of drug-likeness (QED) is 0.383. The van der Waals surface area contributed by atoms with Gasteiger partial charge in [0.05, 0.1) is 18.7 Å². The van der Waals surface area contributed by atoms with Crippen LogP contribution in [-0.4, -0.2) is 44.8 Å². The van der Waals surface area contributed by atoms with Crippen LogP contribution in [0.1, 0.15) is 31.7 Å². The van der Waals surface area contributed by atoms with Gasteiger partial charge in [-0.2, -0.15) is 0 Å². The van der Waals surface area contributed by atoms with Gasteiger partial charge in [-0.1, -0.05) is 6.07 Å². The van der Waals surface area contributed by atoms with E-state index in [0.29, 0.717) is 48.9 Å². The standard InChI is InChI=1S/C23H27N5O4S/c1-4-31-17-7-6-15(14-18(17)32-5-2)10-12-24-20(29)9-8-19-25-26-23-27(3)22(30)21-16(28(19)23)11-13-33-21/h6-7,11,13-14H,4-5,8-10,12H2,1-3H3,(H,24,29). The Balaban J connectivity index is 1.37. The lowest BCUT2D eigenvalue weighted by atomic mass is 10.1. The predicted octanol–water partition coefficient (Wildman–Crippen LogP) is 2.73. The van der Waals surface area contributed by atoms with Gasteiger partial charge in [0.15, 0.2) is 11.5 Å². The Morgan fingerprint density at radius 1 is 1.09 bits per heavy atom. The Morgan fingerprint density at radius 2 is 1.88 bits per heavy atom. The summed E-state index contributed by atoms with van der Waals surface area (Å²) in [5, 5.41) is 13.2. The monoisotopic (exact) mass is 469 g/mol. The van der Waals surface area contributed by atoms with Crippen molar-refractivity contribution in [2.24, 2.45) is 7.05 Å². The number of amides is 1. The van der Waals surface area contributed by atoms with E-state index in [0.717, 1.165) is 22.6 Å². The molecule has 0 saturated heterocycles. The molecule has 0 radical (unpaired) electrons. The van der Waals surface area contributed by atoms with Crippen molar-refractivity contribution in [3.8, 4) is 11.5 Å². The maximum Gasteiger partial charge on any atom is 0.272 e. The normalized spacial score (nSPS) is 11.2. The van der Waals surface area contributed by atoms with Crippen LogP contribution < -0.4 is 20.3 Å². The Labute approximate surface area is 195 Å². The zero-order valence-corrected chi connectivity index (χ0v) is 19.8. The third-order valence-corrected chi connectivity index (χ3v) is 6.21. The minimum absolute atomic E-state index is 0.0610. The predicted molar refractivity (Wildman–Crippen MR) is 127 cm³/mol. The van der Waals surface area contributed by atoms with Crippen LogP contribution in [0.5, 0.6) is 11.5 Å². The van der Waals surface area contributed by atoms with Gasteiger partial charge in [-0.25, -0.2) is 0 Å². The molecule has 0 fully saturated rings. The highest BCUT2D eigenvalue weighted by atomic mass is 32.1. The number of carbonyl (C=O) groups is 1. The summed E-state index contributed by atoms with van der Waals surface area (Å²) in [5.41, 5.74) is 1.75. The van der Waals surface area contributed by atoms with Gasteiger partial charge in [0.1, 0.15) is 10.5 Å². The second-order valence-corrected chi connectivity index (χ2v) is 8.41. The molecule has 0 aliphatic rings. The van der Waals surface area contributed by atoms with E-state index in [-0.39, 0.29) is 17.9 Å². The van der Waals surface area contributed by atoms with Crippen molar-refractivity contribution < 1.29 is 14.3 Å². The lowest BCUT2D eigenvalue weighted by molar-refractivity contribution is -0.121. The van der Waals surface area contributed by atoms with E-state index in [1.54, 1.807) is 7.05 Å². The molecule has 0 aliphatic heterocycles. The van der Waals surface area contributed by atoms with E-state index < -0.39 is 0 Å². The van der Waals surface area contributed by atoms with E-state index >= 15 is 0 Å². The van der Waals surface area contributed by atoms with E-state index in [1.807, 2.05) is 47.9 Å². The highest BCUT2D eigenvalue weighted by Crippen LogP contribution is 2.28. The minimum Gasteiger partial charge on any atom is -0.490 e. The highest BCUT2D eigenvalue weighted by molar-refractivity contribution is 7.17. The number of hydrogen-bond donors (Lipinski definition) is 1. The molecule has 10 heteroatoms. The molecule has 4 rings (SSSR count). The number of aromatic nitrogens is 4. The van der Waals surface area contributed by atoms with Crippen molar-refractivity contribution in [2.45, 2.75) is 33.1 Å². The van der Waals surface area contributed by atoms with Crippen LogP contribution >= 0.6 is 11.3 Å². The van der Waals surface area contributed by atoms with Gasteiger partial charge in [0.2, 0.25) is 11.7 Å². The minimum atomic E-state index is -0.0917. The largest absolute Gasteiger partial charge is 0.490 e. The average Bonchev–Trinajstić information content (AvgIpc) is 3.45. The van der Waals surface area contributed by atoms with E-state index in [2.05, 4.69) is 15.5 Å². The molecule has 1 N–H and O–H groups in total. The van der Waals surface area contributed by atoms with Gasteiger partial charge in [-0.3, -0.25) is 18.6 Å². The summed E-state index contributed by atoms with van der Waals surface area (Å²) in [6.07, 6.45) is 1.39. The van der Waals surface area contributed by atoms with Crippen LogP contribution in [0.3, 0.4) is 0 Å². The maximum absolute atomic E-state index is 12.4. The number of rotatable bonds is 10. The Morgan fingerprint density at radius 3 is 2.67 bits per heavy atom.